The maximum Gasteiger partial charge on any atom is 0.337 e. The Morgan fingerprint density at radius 1 is 1.21 bits per heavy atom. The largest absolute Gasteiger partial charge is 0.465 e. The molecule has 2 rings (SSSR count). The SMILES string of the molecule is COC(=O)c1ccc(CN(Cc2ccccc2C)S(=O)O)c(F)c1. The van der Waals surface area contributed by atoms with Crippen LogP contribution in [0.3, 0.4) is 0 Å². The summed E-state index contributed by atoms with van der Waals surface area (Å²) in [6.45, 7) is 2.04. The van der Waals surface area contributed by atoms with Gasteiger partial charge in [0.25, 0.3) is 0 Å². The highest BCUT2D eigenvalue weighted by molar-refractivity contribution is 7.76. The van der Waals surface area contributed by atoms with Gasteiger partial charge in [-0.25, -0.2) is 13.4 Å². The molecular formula is C17H18FNO4S. The molecule has 0 aliphatic heterocycles. The Kier molecular flexibility index (Phi) is 6.19. The highest BCUT2D eigenvalue weighted by Crippen LogP contribution is 2.18. The van der Waals surface area contributed by atoms with Crippen LogP contribution in [0.4, 0.5) is 4.39 Å². The summed E-state index contributed by atoms with van der Waals surface area (Å²) in [6.07, 6.45) is 0. The van der Waals surface area contributed by atoms with Crippen molar-refractivity contribution in [3.05, 3.63) is 70.5 Å². The van der Waals surface area contributed by atoms with Gasteiger partial charge in [0.1, 0.15) is 5.82 Å². The van der Waals surface area contributed by atoms with E-state index in [1.807, 2.05) is 31.2 Å². The van der Waals surface area contributed by atoms with Crippen molar-refractivity contribution in [1.82, 2.24) is 4.31 Å². The molecule has 128 valence electrons. The van der Waals surface area contributed by atoms with Crippen LogP contribution in [-0.2, 0) is 29.1 Å². The van der Waals surface area contributed by atoms with Crippen molar-refractivity contribution in [2.75, 3.05) is 7.11 Å². The second-order valence-corrected chi connectivity index (χ2v) is 6.23. The molecule has 0 saturated carbocycles. The van der Waals surface area contributed by atoms with Crippen molar-refractivity contribution in [3.8, 4) is 0 Å². The minimum absolute atomic E-state index is 0.0648. The van der Waals surface area contributed by atoms with E-state index in [0.717, 1.165) is 17.2 Å². The molecule has 7 heteroatoms. The molecule has 0 saturated heterocycles. The van der Waals surface area contributed by atoms with Crippen LogP contribution in [0, 0.1) is 12.7 Å². The number of methoxy groups -OCH3 is 1. The van der Waals surface area contributed by atoms with Crippen molar-refractivity contribution < 1.29 is 22.7 Å². The molecule has 1 N–H and O–H groups in total. The smallest absolute Gasteiger partial charge is 0.337 e. The van der Waals surface area contributed by atoms with Gasteiger partial charge in [0, 0.05) is 18.7 Å². The Labute approximate surface area is 142 Å². The summed E-state index contributed by atoms with van der Waals surface area (Å²) in [6, 6.07) is 11.4. The Morgan fingerprint density at radius 3 is 2.46 bits per heavy atom. The third kappa shape index (κ3) is 4.47. The standard InChI is InChI=1S/C17H18FNO4S/c1-12-5-3-4-6-14(12)10-19(24(21)22)11-15-8-7-13(9-16(15)18)17(20)23-2/h3-9H,10-11H2,1-2H3,(H,21,22). The van der Waals surface area contributed by atoms with Gasteiger partial charge in [-0.1, -0.05) is 30.3 Å². The average Bonchev–Trinajstić information content (AvgIpc) is 2.56. The number of benzene rings is 2. The van der Waals surface area contributed by atoms with Crippen LogP contribution >= 0.6 is 0 Å². The lowest BCUT2D eigenvalue weighted by Gasteiger charge is -2.19. The first-order valence-corrected chi connectivity index (χ1v) is 8.26. The topological polar surface area (TPSA) is 66.8 Å². The van der Waals surface area contributed by atoms with Crippen LogP contribution in [0.1, 0.15) is 27.0 Å². The molecule has 1 atom stereocenters. The zero-order valence-corrected chi connectivity index (χ0v) is 14.2. The molecule has 0 aliphatic carbocycles. The molecule has 5 nitrogen and oxygen atoms in total. The quantitative estimate of drug-likeness (QED) is 0.642. The van der Waals surface area contributed by atoms with Crippen molar-refractivity contribution in [3.63, 3.8) is 0 Å². The summed E-state index contributed by atoms with van der Waals surface area (Å²) < 4.78 is 41.0. The zero-order valence-electron chi connectivity index (χ0n) is 13.4. The summed E-state index contributed by atoms with van der Waals surface area (Å²) in [5.41, 5.74) is 2.17. The zero-order chi connectivity index (χ0) is 17.7. The van der Waals surface area contributed by atoms with Gasteiger partial charge in [-0.05, 0) is 30.2 Å². The van der Waals surface area contributed by atoms with Gasteiger partial charge in [-0.2, -0.15) is 4.31 Å². The molecule has 0 fully saturated rings. The summed E-state index contributed by atoms with van der Waals surface area (Å²) in [4.78, 5) is 11.4. The number of rotatable bonds is 6. The predicted molar refractivity (Wildman–Crippen MR) is 88.9 cm³/mol. The lowest BCUT2D eigenvalue weighted by atomic mass is 10.1. The number of ether oxygens (including phenoxy) is 1. The molecule has 24 heavy (non-hydrogen) atoms. The number of nitrogens with zero attached hydrogens (tertiary/aromatic N) is 1. The average molecular weight is 351 g/mol. The Hall–Kier alpha value is -2.09. The summed E-state index contributed by atoms with van der Waals surface area (Å²) in [5, 5.41) is 0. The lowest BCUT2D eigenvalue weighted by Crippen LogP contribution is -2.25. The molecular weight excluding hydrogens is 333 g/mol. The predicted octanol–water partition coefficient (Wildman–Crippen LogP) is 3.06. The minimum atomic E-state index is -2.26. The maximum atomic E-state index is 14.2. The fourth-order valence-corrected chi connectivity index (χ4v) is 2.75. The molecule has 0 bridgehead atoms. The third-order valence-corrected chi connectivity index (χ3v) is 4.35. The van der Waals surface area contributed by atoms with Gasteiger partial charge < -0.3 is 4.74 Å². The first kappa shape index (κ1) is 18.3. The van der Waals surface area contributed by atoms with E-state index in [0.29, 0.717) is 0 Å². The molecule has 0 aromatic heterocycles. The molecule has 2 aromatic carbocycles. The van der Waals surface area contributed by atoms with E-state index in [-0.39, 0.29) is 24.2 Å². The van der Waals surface area contributed by atoms with E-state index < -0.39 is 23.1 Å². The first-order valence-electron chi connectivity index (χ1n) is 7.19. The number of hydrogen-bond acceptors (Lipinski definition) is 3. The monoisotopic (exact) mass is 351 g/mol. The van der Waals surface area contributed by atoms with E-state index in [1.165, 1.54) is 23.5 Å². The summed E-state index contributed by atoms with van der Waals surface area (Å²) in [7, 11) is 1.22. The van der Waals surface area contributed by atoms with Crippen LogP contribution in [-0.4, -0.2) is 26.1 Å². The van der Waals surface area contributed by atoms with E-state index in [4.69, 9.17) is 0 Å². The summed E-state index contributed by atoms with van der Waals surface area (Å²) in [5.74, 6) is -1.26. The Bertz CT molecular complexity index is 766. The number of carbonyl (C=O) groups is 1. The minimum Gasteiger partial charge on any atom is -0.465 e. The Balaban J connectivity index is 2.21. The molecule has 0 heterocycles. The first-order chi connectivity index (χ1) is 11.4. The van der Waals surface area contributed by atoms with Gasteiger partial charge in [0.15, 0.2) is 0 Å². The highest BCUT2D eigenvalue weighted by Gasteiger charge is 2.17. The molecule has 1 unspecified atom stereocenters. The second kappa shape index (κ2) is 8.14. The fourth-order valence-electron chi connectivity index (χ4n) is 2.25. The molecule has 2 aromatic rings. The van der Waals surface area contributed by atoms with Crippen molar-refractivity contribution in [2.24, 2.45) is 0 Å². The van der Waals surface area contributed by atoms with E-state index in [9.17, 15) is 17.9 Å². The molecule has 0 radical (unpaired) electrons. The van der Waals surface area contributed by atoms with Crippen molar-refractivity contribution >= 4 is 17.2 Å². The fraction of sp³-hybridized carbons (Fsp3) is 0.235. The lowest BCUT2D eigenvalue weighted by molar-refractivity contribution is 0.0600. The van der Waals surface area contributed by atoms with E-state index in [2.05, 4.69) is 4.74 Å². The van der Waals surface area contributed by atoms with E-state index in [1.54, 1.807) is 0 Å². The van der Waals surface area contributed by atoms with Crippen LogP contribution in [0.25, 0.3) is 0 Å². The normalized spacial score (nSPS) is 12.2. The molecule has 0 spiro atoms. The van der Waals surface area contributed by atoms with Gasteiger partial charge >= 0.3 is 5.97 Å². The highest BCUT2D eigenvalue weighted by atomic mass is 32.2. The number of halogens is 1. The van der Waals surface area contributed by atoms with Crippen LogP contribution in [0.2, 0.25) is 0 Å². The van der Waals surface area contributed by atoms with Crippen molar-refractivity contribution in [2.45, 2.75) is 20.0 Å². The van der Waals surface area contributed by atoms with Gasteiger partial charge in [-0.15, -0.1) is 0 Å². The number of aryl methyl sites for hydroxylation is 1. The number of carbonyl (C=O) groups excluding carboxylic acids is 1. The summed E-state index contributed by atoms with van der Waals surface area (Å²) >= 11 is -2.26. The maximum absolute atomic E-state index is 14.2. The van der Waals surface area contributed by atoms with E-state index >= 15 is 0 Å². The molecule has 0 aliphatic rings. The van der Waals surface area contributed by atoms with Gasteiger partial charge in [-0.3, -0.25) is 4.55 Å². The van der Waals surface area contributed by atoms with Crippen LogP contribution < -0.4 is 0 Å². The van der Waals surface area contributed by atoms with Gasteiger partial charge in [0.05, 0.1) is 12.7 Å². The van der Waals surface area contributed by atoms with Crippen LogP contribution in [0.5, 0.6) is 0 Å². The number of esters is 1. The third-order valence-electron chi connectivity index (χ3n) is 3.65. The van der Waals surface area contributed by atoms with Gasteiger partial charge in [0.2, 0.25) is 11.3 Å². The van der Waals surface area contributed by atoms with Crippen molar-refractivity contribution in [1.29, 1.82) is 0 Å². The second-order valence-electron chi connectivity index (χ2n) is 5.25. The Morgan fingerprint density at radius 2 is 1.88 bits per heavy atom. The number of hydrogen-bond donors (Lipinski definition) is 1. The molecule has 0 amide bonds. The van der Waals surface area contributed by atoms with Crippen LogP contribution in [0.15, 0.2) is 42.5 Å².